The lowest BCUT2D eigenvalue weighted by Crippen LogP contribution is -2.45. The zero-order valence-electron chi connectivity index (χ0n) is 19.8. The maximum Gasteiger partial charge on any atom is 0.267 e. The second kappa shape index (κ2) is 9.02. The van der Waals surface area contributed by atoms with Gasteiger partial charge in [0.25, 0.3) is 5.56 Å². The van der Waals surface area contributed by atoms with Crippen molar-refractivity contribution in [2.75, 3.05) is 0 Å². The molecule has 0 aliphatic carbocycles. The van der Waals surface area contributed by atoms with Crippen molar-refractivity contribution in [1.29, 1.82) is 0 Å². The van der Waals surface area contributed by atoms with Crippen LogP contribution in [0.15, 0.2) is 58.5 Å². The Bertz CT molecular complexity index is 1380. The van der Waals surface area contributed by atoms with E-state index in [-0.39, 0.29) is 28.8 Å². The molecule has 1 amide bonds. The number of carbonyl (C=O) groups is 1. The molecule has 1 atom stereocenters. The summed E-state index contributed by atoms with van der Waals surface area (Å²) in [4.78, 5) is 28.6. The molecule has 0 aliphatic rings. The number of aryl methyl sites for hydroxylation is 1. The first-order valence-electron chi connectivity index (χ1n) is 11.2. The first kappa shape index (κ1) is 23.0. The molecule has 1 unspecified atom stereocenters. The van der Waals surface area contributed by atoms with Crippen molar-refractivity contribution in [2.24, 2.45) is 0 Å². The van der Waals surface area contributed by atoms with Gasteiger partial charge in [-0.15, -0.1) is 10.2 Å². The van der Waals surface area contributed by atoms with Gasteiger partial charge in [-0.3, -0.25) is 14.0 Å². The molecule has 0 aliphatic heterocycles. The zero-order chi connectivity index (χ0) is 23.9. The lowest BCUT2D eigenvalue weighted by atomic mass is 10.2. The summed E-state index contributed by atoms with van der Waals surface area (Å²) in [6.45, 7) is 12.0. The Morgan fingerprint density at radius 3 is 2.24 bits per heavy atom. The maximum atomic E-state index is 13.5. The molecule has 0 radical (unpaired) electrons. The predicted octanol–water partition coefficient (Wildman–Crippen LogP) is 4.47. The van der Waals surface area contributed by atoms with Gasteiger partial charge in [-0.05, 0) is 65.3 Å². The number of para-hydroxylation sites is 2. The number of fused-ring (bicyclic) bond motifs is 3. The number of rotatable bonds is 6. The van der Waals surface area contributed by atoms with Crippen molar-refractivity contribution >= 4 is 34.3 Å². The second-order valence-electron chi connectivity index (χ2n) is 8.76. The molecule has 7 nitrogen and oxygen atoms in total. The Hall–Kier alpha value is -3.13. The Labute approximate surface area is 197 Å². The van der Waals surface area contributed by atoms with Crippen LogP contribution in [-0.4, -0.2) is 47.3 Å². The van der Waals surface area contributed by atoms with Crippen LogP contribution >= 0.6 is 11.8 Å². The van der Waals surface area contributed by atoms with Crippen LogP contribution in [0.2, 0.25) is 0 Å². The third-order valence-corrected chi connectivity index (χ3v) is 6.78. The number of thioether (sulfide) groups is 1. The average Bonchev–Trinajstić information content (AvgIpc) is 3.18. The third kappa shape index (κ3) is 4.04. The molecule has 2 aromatic carbocycles. The number of hydrogen-bond donors (Lipinski definition) is 0. The van der Waals surface area contributed by atoms with Crippen LogP contribution in [-0.2, 0) is 4.79 Å². The Morgan fingerprint density at radius 1 is 0.939 bits per heavy atom. The van der Waals surface area contributed by atoms with Crippen molar-refractivity contribution in [1.82, 2.24) is 24.1 Å². The Balaban J connectivity index is 1.90. The summed E-state index contributed by atoms with van der Waals surface area (Å²) in [5, 5.41) is 9.61. The quantitative estimate of drug-likeness (QED) is 0.395. The van der Waals surface area contributed by atoms with Gasteiger partial charge < -0.3 is 4.90 Å². The molecule has 0 N–H and O–H groups in total. The molecule has 2 heterocycles. The zero-order valence-corrected chi connectivity index (χ0v) is 20.6. The first-order valence-corrected chi connectivity index (χ1v) is 12.0. The van der Waals surface area contributed by atoms with Crippen LogP contribution in [0.1, 0.15) is 40.2 Å². The van der Waals surface area contributed by atoms with E-state index in [0.717, 1.165) is 16.8 Å². The number of nitrogens with zero attached hydrogens (tertiary/aromatic N) is 5. The number of carbonyl (C=O) groups excluding carboxylic acids is 1. The van der Waals surface area contributed by atoms with Gasteiger partial charge in [0.05, 0.1) is 21.8 Å². The predicted molar refractivity (Wildman–Crippen MR) is 133 cm³/mol. The molecule has 0 bridgehead atoms. The monoisotopic (exact) mass is 463 g/mol. The van der Waals surface area contributed by atoms with Crippen LogP contribution in [0, 0.1) is 6.92 Å². The van der Waals surface area contributed by atoms with Gasteiger partial charge >= 0.3 is 0 Å². The largest absolute Gasteiger partial charge is 0.337 e. The lowest BCUT2D eigenvalue weighted by molar-refractivity contribution is -0.133. The Morgan fingerprint density at radius 2 is 1.58 bits per heavy atom. The molecule has 0 spiro atoms. The fourth-order valence-corrected chi connectivity index (χ4v) is 5.22. The standard InChI is InChI=1S/C25H29N5O2S/c1-15(2)28(16(3)4)22(31)18(6)33-25-27-26-24-29(20-13-9-7-11-17(20)5)23(32)19-12-8-10-14-21(19)30(24)25/h7-16,18H,1-6H3. The van der Waals surface area contributed by atoms with E-state index in [1.165, 1.54) is 11.8 Å². The minimum absolute atomic E-state index is 0.0540. The highest BCUT2D eigenvalue weighted by Crippen LogP contribution is 2.28. The Kier molecular flexibility index (Phi) is 6.30. The van der Waals surface area contributed by atoms with Crippen LogP contribution in [0.4, 0.5) is 0 Å². The highest BCUT2D eigenvalue weighted by molar-refractivity contribution is 8.00. The molecule has 0 saturated carbocycles. The van der Waals surface area contributed by atoms with Crippen molar-refractivity contribution in [3.05, 3.63) is 64.4 Å². The summed E-state index contributed by atoms with van der Waals surface area (Å²) in [6, 6.07) is 15.4. The molecule has 8 heteroatoms. The van der Waals surface area contributed by atoms with E-state index in [0.29, 0.717) is 16.3 Å². The van der Waals surface area contributed by atoms with Gasteiger partial charge in [0.2, 0.25) is 11.7 Å². The van der Waals surface area contributed by atoms with Gasteiger partial charge in [-0.2, -0.15) is 0 Å². The summed E-state index contributed by atoms with van der Waals surface area (Å²) in [5.41, 5.74) is 2.30. The molecule has 4 aromatic rings. The van der Waals surface area contributed by atoms with Crippen molar-refractivity contribution < 1.29 is 4.79 Å². The fraction of sp³-hybridized carbons (Fsp3) is 0.360. The second-order valence-corrected chi connectivity index (χ2v) is 10.1. The highest BCUT2D eigenvalue weighted by atomic mass is 32.2. The number of aromatic nitrogens is 4. The van der Waals surface area contributed by atoms with Crippen molar-refractivity contribution in [3.8, 4) is 5.69 Å². The van der Waals surface area contributed by atoms with E-state index in [1.54, 1.807) is 4.57 Å². The van der Waals surface area contributed by atoms with E-state index in [1.807, 2.05) is 99.4 Å². The molecular weight excluding hydrogens is 434 g/mol. The van der Waals surface area contributed by atoms with Crippen LogP contribution in [0.3, 0.4) is 0 Å². The van der Waals surface area contributed by atoms with Gasteiger partial charge in [0.15, 0.2) is 5.16 Å². The molecule has 0 saturated heterocycles. The number of hydrogen-bond acceptors (Lipinski definition) is 5. The molecule has 0 fully saturated rings. The van der Waals surface area contributed by atoms with Crippen LogP contribution in [0.5, 0.6) is 0 Å². The van der Waals surface area contributed by atoms with Crippen molar-refractivity contribution in [3.63, 3.8) is 0 Å². The maximum absolute atomic E-state index is 13.5. The molecule has 4 rings (SSSR count). The number of amides is 1. The van der Waals surface area contributed by atoms with Crippen molar-refractivity contribution in [2.45, 2.75) is 64.0 Å². The minimum Gasteiger partial charge on any atom is -0.337 e. The average molecular weight is 464 g/mol. The van der Waals surface area contributed by atoms with Gasteiger partial charge in [-0.25, -0.2) is 4.57 Å². The number of benzene rings is 2. The summed E-state index contributed by atoms with van der Waals surface area (Å²) in [5.74, 6) is 0.484. The first-order chi connectivity index (χ1) is 15.7. The topological polar surface area (TPSA) is 72.5 Å². The highest BCUT2D eigenvalue weighted by Gasteiger charge is 2.28. The van der Waals surface area contributed by atoms with Gasteiger partial charge in [-0.1, -0.05) is 42.1 Å². The van der Waals surface area contributed by atoms with E-state index in [9.17, 15) is 9.59 Å². The summed E-state index contributed by atoms with van der Waals surface area (Å²) in [6.07, 6.45) is 0. The molecule has 33 heavy (non-hydrogen) atoms. The normalized spacial score (nSPS) is 12.7. The van der Waals surface area contributed by atoms with Gasteiger partial charge in [0, 0.05) is 12.1 Å². The van der Waals surface area contributed by atoms with E-state index in [4.69, 9.17) is 0 Å². The van der Waals surface area contributed by atoms with Crippen LogP contribution < -0.4 is 5.56 Å². The van der Waals surface area contributed by atoms with E-state index >= 15 is 0 Å². The molecular formula is C25H29N5O2S. The fourth-order valence-electron chi connectivity index (χ4n) is 4.31. The smallest absolute Gasteiger partial charge is 0.267 e. The van der Waals surface area contributed by atoms with E-state index in [2.05, 4.69) is 10.2 Å². The molecule has 172 valence electrons. The summed E-state index contributed by atoms with van der Waals surface area (Å²) >= 11 is 1.36. The minimum atomic E-state index is -0.361. The summed E-state index contributed by atoms with van der Waals surface area (Å²) in [7, 11) is 0. The lowest BCUT2D eigenvalue weighted by Gasteiger charge is -2.32. The van der Waals surface area contributed by atoms with Gasteiger partial charge in [0.1, 0.15) is 0 Å². The van der Waals surface area contributed by atoms with Crippen LogP contribution in [0.25, 0.3) is 22.4 Å². The third-order valence-electron chi connectivity index (χ3n) is 5.75. The SMILES string of the molecule is Cc1ccccc1-n1c(=O)c2ccccc2n2c(SC(C)C(=O)N(C(C)C)C(C)C)nnc12. The summed E-state index contributed by atoms with van der Waals surface area (Å²) < 4.78 is 3.49. The molecule has 2 aromatic heterocycles. The van der Waals surface area contributed by atoms with E-state index < -0.39 is 0 Å².